The van der Waals surface area contributed by atoms with Crippen LogP contribution in [0.5, 0.6) is 0 Å². The summed E-state index contributed by atoms with van der Waals surface area (Å²) in [5.41, 5.74) is 3.86. The van der Waals surface area contributed by atoms with Gasteiger partial charge in [-0.25, -0.2) is 4.39 Å². The first-order valence-electron chi connectivity index (χ1n) is 8.33. The van der Waals surface area contributed by atoms with Crippen LogP contribution in [0, 0.1) is 19.7 Å². The van der Waals surface area contributed by atoms with E-state index >= 15 is 0 Å². The van der Waals surface area contributed by atoms with Crippen LogP contribution < -0.4 is 4.90 Å². The molecule has 2 heterocycles. The Hall–Kier alpha value is -2.37. The maximum absolute atomic E-state index is 13.1. The average Bonchev–Trinajstić information content (AvgIpc) is 2.79. The Balaban J connectivity index is 1.62. The van der Waals surface area contributed by atoms with Gasteiger partial charge in [0.15, 0.2) is 0 Å². The maximum Gasteiger partial charge on any atom is 0.227 e. The van der Waals surface area contributed by atoms with Crippen molar-refractivity contribution in [1.29, 1.82) is 0 Å². The third-order valence-electron chi connectivity index (χ3n) is 4.65. The lowest BCUT2D eigenvalue weighted by Gasteiger charge is -2.23. The molecule has 0 radical (unpaired) electrons. The second-order valence-corrected chi connectivity index (χ2v) is 6.29. The first kappa shape index (κ1) is 16.5. The summed E-state index contributed by atoms with van der Waals surface area (Å²) in [4.78, 5) is 16.8. The molecular formula is C18H23FN4O. The third-order valence-corrected chi connectivity index (χ3v) is 4.65. The summed E-state index contributed by atoms with van der Waals surface area (Å²) >= 11 is 0. The average molecular weight is 330 g/mol. The number of H-pyrrole nitrogens is 1. The molecule has 128 valence electrons. The molecule has 0 unspecified atom stereocenters. The van der Waals surface area contributed by atoms with Gasteiger partial charge >= 0.3 is 0 Å². The van der Waals surface area contributed by atoms with Gasteiger partial charge in [-0.3, -0.25) is 9.89 Å². The molecule has 1 aromatic heterocycles. The van der Waals surface area contributed by atoms with E-state index in [-0.39, 0.29) is 11.7 Å². The van der Waals surface area contributed by atoms with Crippen molar-refractivity contribution in [2.24, 2.45) is 0 Å². The van der Waals surface area contributed by atoms with E-state index in [0.717, 1.165) is 48.7 Å². The Morgan fingerprint density at radius 3 is 2.58 bits per heavy atom. The third kappa shape index (κ3) is 3.58. The highest BCUT2D eigenvalue weighted by molar-refractivity contribution is 5.79. The van der Waals surface area contributed by atoms with Gasteiger partial charge in [0.25, 0.3) is 0 Å². The lowest BCUT2D eigenvalue weighted by Crippen LogP contribution is -2.36. The Morgan fingerprint density at radius 1 is 1.17 bits per heavy atom. The Labute approximate surface area is 141 Å². The number of aromatic amines is 1. The predicted molar refractivity (Wildman–Crippen MR) is 91.6 cm³/mol. The van der Waals surface area contributed by atoms with E-state index in [4.69, 9.17) is 0 Å². The second-order valence-electron chi connectivity index (χ2n) is 6.29. The summed E-state index contributed by atoms with van der Waals surface area (Å²) < 4.78 is 13.1. The number of amides is 1. The van der Waals surface area contributed by atoms with Crippen molar-refractivity contribution >= 4 is 11.6 Å². The van der Waals surface area contributed by atoms with Crippen molar-refractivity contribution in [2.75, 3.05) is 31.1 Å². The number of rotatable bonds is 3. The molecule has 24 heavy (non-hydrogen) atoms. The fraction of sp³-hybridized carbons (Fsp3) is 0.444. The van der Waals surface area contributed by atoms with Crippen molar-refractivity contribution in [1.82, 2.24) is 15.1 Å². The minimum Gasteiger partial charge on any atom is -0.370 e. The molecular weight excluding hydrogens is 307 g/mol. The molecule has 1 fully saturated rings. The van der Waals surface area contributed by atoms with Crippen molar-refractivity contribution < 1.29 is 9.18 Å². The van der Waals surface area contributed by atoms with Crippen LogP contribution in [0.15, 0.2) is 24.3 Å². The first-order valence-corrected chi connectivity index (χ1v) is 8.33. The fourth-order valence-electron chi connectivity index (χ4n) is 3.17. The summed E-state index contributed by atoms with van der Waals surface area (Å²) in [7, 11) is 0. The number of carbonyl (C=O) groups excluding carboxylic acids is 1. The number of aryl methyl sites for hydroxylation is 2. The minimum atomic E-state index is -0.226. The van der Waals surface area contributed by atoms with E-state index in [9.17, 15) is 9.18 Å². The number of nitrogens with one attached hydrogen (secondary N) is 1. The molecule has 0 bridgehead atoms. The molecule has 1 aliphatic rings. The molecule has 2 aromatic rings. The molecule has 1 aliphatic heterocycles. The van der Waals surface area contributed by atoms with E-state index in [1.54, 1.807) is 12.1 Å². The smallest absolute Gasteiger partial charge is 0.227 e. The van der Waals surface area contributed by atoms with E-state index in [0.29, 0.717) is 13.0 Å². The number of aromatic nitrogens is 2. The zero-order valence-electron chi connectivity index (χ0n) is 14.2. The van der Waals surface area contributed by atoms with Crippen molar-refractivity contribution in [3.63, 3.8) is 0 Å². The highest BCUT2D eigenvalue weighted by Gasteiger charge is 2.21. The molecule has 1 amide bonds. The molecule has 6 heteroatoms. The van der Waals surface area contributed by atoms with Gasteiger partial charge in [-0.15, -0.1) is 0 Å². The van der Waals surface area contributed by atoms with Crippen molar-refractivity contribution in [3.8, 4) is 0 Å². The van der Waals surface area contributed by atoms with Gasteiger partial charge in [-0.2, -0.15) is 5.10 Å². The number of carbonyl (C=O) groups is 1. The fourth-order valence-corrected chi connectivity index (χ4v) is 3.17. The summed E-state index contributed by atoms with van der Waals surface area (Å²) in [6.07, 6.45) is 1.30. The Morgan fingerprint density at radius 2 is 1.92 bits per heavy atom. The van der Waals surface area contributed by atoms with Crippen LogP contribution in [0.4, 0.5) is 10.1 Å². The Kier molecular flexibility index (Phi) is 4.83. The zero-order valence-corrected chi connectivity index (χ0v) is 14.2. The van der Waals surface area contributed by atoms with Crippen LogP contribution in [0.2, 0.25) is 0 Å². The highest BCUT2D eigenvalue weighted by atomic mass is 19.1. The Bertz CT molecular complexity index is 691. The van der Waals surface area contributed by atoms with Crippen molar-refractivity contribution in [3.05, 3.63) is 47.0 Å². The van der Waals surface area contributed by atoms with E-state index in [2.05, 4.69) is 15.1 Å². The zero-order chi connectivity index (χ0) is 17.1. The monoisotopic (exact) mass is 330 g/mol. The molecule has 1 N–H and O–H groups in total. The van der Waals surface area contributed by atoms with E-state index < -0.39 is 0 Å². The van der Waals surface area contributed by atoms with Gasteiger partial charge < -0.3 is 9.80 Å². The van der Waals surface area contributed by atoms with Crippen LogP contribution in [-0.2, 0) is 11.2 Å². The standard InChI is InChI=1S/C18H23FN4O/c1-13-17(14(2)21-20-13)12-18(24)23-9-3-8-22(10-11-23)16-6-4-15(19)5-7-16/h4-7H,3,8-12H2,1-2H3,(H,20,21). The van der Waals surface area contributed by atoms with Gasteiger partial charge in [-0.05, 0) is 44.5 Å². The van der Waals surface area contributed by atoms with Crippen LogP contribution in [0.1, 0.15) is 23.4 Å². The van der Waals surface area contributed by atoms with Crippen molar-refractivity contribution in [2.45, 2.75) is 26.7 Å². The maximum atomic E-state index is 13.1. The van der Waals surface area contributed by atoms with Gasteiger partial charge in [0.05, 0.1) is 12.1 Å². The first-order chi connectivity index (χ1) is 11.5. The molecule has 1 saturated heterocycles. The lowest BCUT2D eigenvalue weighted by atomic mass is 10.1. The number of hydrogen-bond acceptors (Lipinski definition) is 3. The predicted octanol–water partition coefficient (Wildman–Crippen LogP) is 2.45. The largest absolute Gasteiger partial charge is 0.370 e. The van der Waals surface area contributed by atoms with Crippen LogP contribution in [0.25, 0.3) is 0 Å². The SMILES string of the molecule is Cc1n[nH]c(C)c1CC(=O)N1CCCN(c2ccc(F)cc2)CC1. The van der Waals surface area contributed by atoms with Crippen LogP contribution >= 0.6 is 0 Å². The van der Waals surface area contributed by atoms with Gasteiger partial charge in [0.2, 0.25) is 5.91 Å². The lowest BCUT2D eigenvalue weighted by molar-refractivity contribution is -0.130. The molecule has 0 spiro atoms. The number of nitrogens with zero attached hydrogens (tertiary/aromatic N) is 3. The molecule has 0 aliphatic carbocycles. The summed E-state index contributed by atoms with van der Waals surface area (Å²) in [5, 5.41) is 7.09. The summed E-state index contributed by atoms with van der Waals surface area (Å²) in [6.45, 7) is 6.95. The number of hydrogen-bond donors (Lipinski definition) is 1. The molecule has 0 atom stereocenters. The topological polar surface area (TPSA) is 52.2 Å². The van der Waals surface area contributed by atoms with E-state index in [1.807, 2.05) is 18.7 Å². The van der Waals surface area contributed by atoms with Gasteiger partial charge in [-0.1, -0.05) is 0 Å². The minimum absolute atomic E-state index is 0.142. The van der Waals surface area contributed by atoms with Crippen LogP contribution in [0.3, 0.4) is 0 Å². The molecule has 0 saturated carbocycles. The molecule has 3 rings (SSSR count). The molecule has 5 nitrogen and oxygen atoms in total. The quantitative estimate of drug-likeness (QED) is 0.940. The number of benzene rings is 1. The normalized spacial score (nSPS) is 15.5. The number of anilines is 1. The van der Waals surface area contributed by atoms with E-state index in [1.165, 1.54) is 12.1 Å². The highest BCUT2D eigenvalue weighted by Crippen LogP contribution is 2.18. The second kappa shape index (κ2) is 7.03. The van der Waals surface area contributed by atoms with Gasteiger partial charge in [0, 0.05) is 43.1 Å². The summed E-state index contributed by atoms with van der Waals surface area (Å²) in [6, 6.07) is 6.55. The van der Waals surface area contributed by atoms with Gasteiger partial charge in [0.1, 0.15) is 5.82 Å². The van der Waals surface area contributed by atoms with Crippen LogP contribution in [-0.4, -0.2) is 47.2 Å². The summed E-state index contributed by atoms with van der Waals surface area (Å²) in [5.74, 6) is -0.0835. The molecule has 1 aromatic carbocycles. The number of halogens is 1.